The van der Waals surface area contributed by atoms with Gasteiger partial charge in [-0.05, 0) is 18.1 Å². The number of nitrogens with zero attached hydrogens (tertiary/aromatic N) is 1. The van der Waals surface area contributed by atoms with E-state index in [1.807, 2.05) is 91.9 Å². The van der Waals surface area contributed by atoms with Crippen molar-refractivity contribution in [2.45, 2.75) is 19.8 Å². The van der Waals surface area contributed by atoms with Crippen LogP contribution in [0.4, 0.5) is 0 Å². The van der Waals surface area contributed by atoms with E-state index in [0.29, 0.717) is 11.3 Å². The molecule has 140 valence electrons. The molecule has 0 fully saturated rings. The minimum Gasteiger partial charge on any atom is -0.294 e. The Balaban J connectivity index is 1.75. The SMILES string of the molecule is Cc1ccc(C(=O)C/C(=N\NC(=O)Cc2ccccc2)c2ccccc2)cc1. The molecular formula is C24H22N2O2. The van der Waals surface area contributed by atoms with Gasteiger partial charge < -0.3 is 0 Å². The smallest absolute Gasteiger partial charge is 0.244 e. The second-order valence-corrected chi connectivity index (χ2v) is 6.59. The third-order valence-corrected chi connectivity index (χ3v) is 4.33. The van der Waals surface area contributed by atoms with Crippen LogP contribution < -0.4 is 5.43 Å². The average Bonchev–Trinajstić information content (AvgIpc) is 2.73. The van der Waals surface area contributed by atoms with Gasteiger partial charge in [-0.2, -0.15) is 5.10 Å². The van der Waals surface area contributed by atoms with E-state index < -0.39 is 0 Å². The minimum absolute atomic E-state index is 0.0417. The van der Waals surface area contributed by atoms with Crippen LogP contribution in [-0.4, -0.2) is 17.4 Å². The average molecular weight is 370 g/mol. The fourth-order valence-electron chi connectivity index (χ4n) is 2.78. The van der Waals surface area contributed by atoms with Crippen LogP contribution in [0.15, 0.2) is 90.0 Å². The van der Waals surface area contributed by atoms with E-state index in [2.05, 4.69) is 10.5 Å². The molecule has 3 aromatic carbocycles. The molecule has 3 aromatic rings. The number of hydrogen-bond acceptors (Lipinski definition) is 3. The van der Waals surface area contributed by atoms with E-state index in [4.69, 9.17) is 0 Å². The topological polar surface area (TPSA) is 58.5 Å². The Hall–Kier alpha value is -3.53. The molecule has 3 rings (SSSR count). The van der Waals surface area contributed by atoms with Gasteiger partial charge >= 0.3 is 0 Å². The summed E-state index contributed by atoms with van der Waals surface area (Å²) < 4.78 is 0. The number of carbonyl (C=O) groups excluding carboxylic acids is 2. The Bertz CT molecular complexity index is 963. The highest BCUT2D eigenvalue weighted by molar-refractivity contribution is 6.15. The number of nitrogens with one attached hydrogen (secondary N) is 1. The highest BCUT2D eigenvalue weighted by Crippen LogP contribution is 2.11. The Morgan fingerprint density at radius 1 is 0.786 bits per heavy atom. The lowest BCUT2D eigenvalue weighted by Crippen LogP contribution is -2.23. The molecule has 0 heterocycles. The largest absolute Gasteiger partial charge is 0.294 e. The molecule has 1 amide bonds. The fourth-order valence-corrected chi connectivity index (χ4v) is 2.78. The summed E-state index contributed by atoms with van der Waals surface area (Å²) in [4.78, 5) is 24.9. The molecule has 0 aromatic heterocycles. The van der Waals surface area contributed by atoms with E-state index >= 15 is 0 Å². The molecule has 0 radical (unpaired) electrons. The number of ketones is 1. The summed E-state index contributed by atoms with van der Waals surface area (Å²) in [5, 5.41) is 4.27. The number of hydrazone groups is 1. The van der Waals surface area contributed by atoms with Crippen LogP contribution in [0.1, 0.15) is 33.5 Å². The van der Waals surface area contributed by atoms with Crippen molar-refractivity contribution in [3.8, 4) is 0 Å². The monoisotopic (exact) mass is 370 g/mol. The zero-order valence-electron chi connectivity index (χ0n) is 15.8. The minimum atomic E-state index is -0.220. The van der Waals surface area contributed by atoms with E-state index in [-0.39, 0.29) is 24.5 Å². The predicted octanol–water partition coefficient (Wildman–Crippen LogP) is 4.33. The number of rotatable bonds is 7. The molecule has 0 bridgehead atoms. The number of aryl methyl sites for hydroxylation is 1. The second-order valence-electron chi connectivity index (χ2n) is 6.59. The van der Waals surface area contributed by atoms with Gasteiger partial charge in [0, 0.05) is 5.56 Å². The Morgan fingerprint density at radius 2 is 1.39 bits per heavy atom. The molecular weight excluding hydrogens is 348 g/mol. The maximum atomic E-state index is 12.7. The van der Waals surface area contributed by atoms with Gasteiger partial charge in [-0.25, -0.2) is 5.43 Å². The van der Waals surface area contributed by atoms with E-state index in [1.54, 1.807) is 0 Å². The van der Waals surface area contributed by atoms with Crippen LogP contribution in [0.2, 0.25) is 0 Å². The van der Waals surface area contributed by atoms with Gasteiger partial charge in [-0.1, -0.05) is 90.5 Å². The molecule has 1 N–H and O–H groups in total. The highest BCUT2D eigenvalue weighted by Gasteiger charge is 2.13. The first-order chi connectivity index (χ1) is 13.6. The first kappa shape index (κ1) is 19.2. The number of Topliss-reactive ketones (excluding diaryl/α,β-unsaturated/α-hetero) is 1. The third kappa shape index (κ3) is 5.48. The van der Waals surface area contributed by atoms with E-state index in [9.17, 15) is 9.59 Å². The van der Waals surface area contributed by atoms with Gasteiger partial charge in [0.15, 0.2) is 5.78 Å². The van der Waals surface area contributed by atoms with Crippen molar-refractivity contribution in [2.24, 2.45) is 5.10 Å². The standard InChI is InChI=1S/C24H22N2O2/c1-18-12-14-21(15-13-18)23(27)17-22(20-10-6-3-7-11-20)25-26-24(28)16-19-8-4-2-5-9-19/h2-15H,16-17H2,1H3,(H,26,28)/b25-22+. The molecule has 0 atom stereocenters. The lowest BCUT2D eigenvalue weighted by atomic mass is 10.0. The van der Waals surface area contributed by atoms with E-state index in [0.717, 1.165) is 16.7 Å². The van der Waals surface area contributed by atoms with Crippen molar-refractivity contribution < 1.29 is 9.59 Å². The van der Waals surface area contributed by atoms with Crippen LogP contribution in [0.5, 0.6) is 0 Å². The van der Waals surface area contributed by atoms with Crippen molar-refractivity contribution in [1.29, 1.82) is 0 Å². The number of hydrogen-bond donors (Lipinski definition) is 1. The summed E-state index contributed by atoms with van der Waals surface area (Å²) in [5.74, 6) is -0.262. The Kier molecular flexibility index (Phi) is 6.47. The van der Waals surface area contributed by atoms with Crippen LogP contribution in [0.3, 0.4) is 0 Å². The van der Waals surface area contributed by atoms with E-state index in [1.165, 1.54) is 0 Å². The molecule has 28 heavy (non-hydrogen) atoms. The summed E-state index contributed by atoms with van der Waals surface area (Å²) in [6.45, 7) is 1.98. The zero-order chi connectivity index (χ0) is 19.8. The van der Waals surface area contributed by atoms with Gasteiger partial charge in [0.05, 0.1) is 18.6 Å². The van der Waals surface area contributed by atoms with Gasteiger partial charge in [0.1, 0.15) is 0 Å². The second kappa shape index (κ2) is 9.42. The molecule has 4 heteroatoms. The molecule has 0 aliphatic rings. The summed E-state index contributed by atoms with van der Waals surface area (Å²) in [7, 11) is 0. The number of amides is 1. The fraction of sp³-hybridized carbons (Fsp3) is 0.125. The van der Waals surface area contributed by atoms with Crippen LogP contribution in [-0.2, 0) is 11.2 Å². The van der Waals surface area contributed by atoms with Crippen molar-refractivity contribution in [3.63, 3.8) is 0 Å². The van der Waals surface area contributed by atoms with Gasteiger partial charge in [0.25, 0.3) is 0 Å². The quantitative estimate of drug-likeness (QED) is 0.382. The maximum Gasteiger partial charge on any atom is 0.244 e. The summed E-state index contributed by atoms with van der Waals surface area (Å²) in [5.41, 5.74) is 6.57. The molecule has 0 aliphatic carbocycles. The van der Waals surface area contributed by atoms with Crippen LogP contribution in [0.25, 0.3) is 0 Å². The maximum absolute atomic E-state index is 12.7. The normalized spacial score (nSPS) is 11.1. The Labute approximate surface area is 164 Å². The first-order valence-corrected chi connectivity index (χ1v) is 9.16. The van der Waals surface area contributed by atoms with Gasteiger partial charge in [-0.3, -0.25) is 9.59 Å². The van der Waals surface area contributed by atoms with Crippen molar-refractivity contribution in [3.05, 3.63) is 107 Å². The van der Waals surface area contributed by atoms with Crippen LogP contribution in [0, 0.1) is 6.92 Å². The molecule has 0 aliphatic heterocycles. The third-order valence-electron chi connectivity index (χ3n) is 4.33. The van der Waals surface area contributed by atoms with Crippen molar-refractivity contribution in [2.75, 3.05) is 0 Å². The van der Waals surface area contributed by atoms with Crippen LogP contribution >= 0.6 is 0 Å². The van der Waals surface area contributed by atoms with Crippen molar-refractivity contribution >= 4 is 17.4 Å². The number of carbonyl (C=O) groups is 2. The predicted molar refractivity (Wildman–Crippen MR) is 111 cm³/mol. The molecule has 4 nitrogen and oxygen atoms in total. The first-order valence-electron chi connectivity index (χ1n) is 9.16. The molecule has 0 saturated heterocycles. The highest BCUT2D eigenvalue weighted by atomic mass is 16.2. The summed E-state index contributed by atoms with van der Waals surface area (Å²) in [6, 6.07) is 26.3. The van der Waals surface area contributed by atoms with Gasteiger partial charge in [0.2, 0.25) is 5.91 Å². The van der Waals surface area contributed by atoms with Gasteiger partial charge in [-0.15, -0.1) is 0 Å². The lowest BCUT2D eigenvalue weighted by Gasteiger charge is -2.08. The summed E-state index contributed by atoms with van der Waals surface area (Å²) >= 11 is 0. The molecule has 0 saturated carbocycles. The molecule has 0 spiro atoms. The number of benzene rings is 3. The summed E-state index contributed by atoms with van der Waals surface area (Å²) in [6.07, 6.45) is 0.344. The zero-order valence-corrected chi connectivity index (χ0v) is 15.8. The Morgan fingerprint density at radius 3 is 2.04 bits per heavy atom. The molecule has 0 unspecified atom stereocenters. The lowest BCUT2D eigenvalue weighted by molar-refractivity contribution is -0.120. The van der Waals surface area contributed by atoms with Crippen molar-refractivity contribution in [1.82, 2.24) is 5.43 Å².